The van der Waals surface area contributed by atoms with Crippen LogP contribution in [0.25, 0.3) is 12.2 Å². The molecular formula is C20H21IN4S. The highest BCUT2D eigenvalue weighted by Gasteiger charge is 1.97. The van der Waals surface area contributed by atoms with Gasteiger partial charge in [0.25, 0.3) is 0 Å². The second-order valence-electron chi connectivity index (χ2n) is 4.87. The fourth-order valence-corrected chi connectivity index (χ4v) is 2.14. The second kappa shape index (κ2) is 14.2. The van der Waals surface area contributed by atoms with Gasteiger partial charge in [-0.15, -0.1) is 0 Å². The Bertz CT molecular complexity index is 769. The lowest BCUT2D eigenvalue weighted by Crippen LogP contribution is -3.00. The normalized spacial score (nSPS) is 12.4. The molecular weight excluding hydrogens is 455 g/mol. The van der Waals surface area contributed by atoms with E-state index in [0.717, 1.165) is 16.3 Å². The molecule has 0 aliphatic carbocycles. The largest absolute Gasteiger partial charge is 1.00 e. The maximum absolute atomic E-state index is 4.22. The van der Waals surface area contributed by atoms with E-state index in [4.69, 9.17) is 0 Å². The van der Waals surface area contributed by atoms with E-state index in [1.807, 2.05) is 91.2 Å². The highest BCUT2D eigenvalue weighted by Crippen LogP contribution is 2.00. The number of rotatable bonds is 6. The monoisotopic (exact) mass is 476 g/mol. The van der Waals surface area contributed by atoms with Crippen molar-refractivity contribution >= 4 is 41.5 Å². The molecule has 0 bridgehead atoms. The van der Waals surface area contributed by atoms with Crippen molar-refractivity contribution in [2.75, 3.05) is 6.26 Å². The molecule has 6 heteroatoms. The molecule has 2 aromatic carbocycles. The van der Waals surface area contributed by atoms with Crippen molar-refractivity contribution < 1.29 is 29.4 Å². The third-order valence-corrected chi connectivity index (χ3v) is 3.66. The molecule has 2 rings (SSSR count). The quantitative estimate of drug-likeness (QED) is 0.215. The number of hydrogen-bond acceptors (Lipinski definition) is 4. The summed E-state index contributed by atoms with van der Waals surface area (Å²) in [6.45, 7) is 0. The Balaban J connectivity index is 0.00000338. The maximum atomic E-state index is 4.22. The molecule has 0 amide bonds. The van der Waals surface area contributed by atoms with E-state index in [1.54, 1.807) is 17.9 Å². The molecule has 2 aromatic rings. The highest BCUT2D eigenvalue weighted by molar-refractivity contribution is 8.12. The molecule has 0 unspecified atom stereocenters. The summed E-state index contributed by atoms with van der Waals surface area (Å²) in [5, 5.41) is 13.1. The Morgan fingerprint density at radius 3 is 1.92 bits per heavy atom. The first-order valence-electron chi connectivity index (χ1n) is 7.83. The lowest BCUT2D eigenvalue weighted by molar-refractivity contribution is -0.539. The molecule has 26 heavy (non-hydrogen) atoms. The first-order valence-corrected chi connectivity index (χ1v) is 9.06. The molecule has 0 heterocycles. The number of amidine groups is 1. The van der Waals surface area contributed by atoms with Crippen molar-refractivity contribution in [3.05, 3.63) is 83.9 Å². The van der Waals surface area contributed by atoms with Gasteiger partial charge in [0.1, 0.15) is 0 Å². The van der Waals surface area contributed by atoms with Crippen LogP contribution in [0.15, 0.2) is 88.1 Å². The summed E-state index contributed by atoms with van der Waals surface area (Å²) >= 11 is 1.50. The van der Waals surface area contributed by atoms with Crippen LogP contribution in [-0.4, -0.2) is 23.9 Å². The van der Waals surface area contributed by atoms with E-state index >= 15 is 0 Å². The molecule has 0 aliphatic heterocycles. The summed E-state index contributed by atoms with van der Waals surface area (Å²) in [4.78, 5) is 0. The van der Waals surface area contributed by atoms with Crippen LogP contribution in [0, 0.1) is 0 Å². The van der Waals surface area contributed by atoms with E-state index in [9.17, 15) is 0 Å². The zero-order valence-corrected chi connectivity index (χ0v) is 17.4. The van der Waals surface area contributed by atoms with E-state index in [2.05, 4.69) is 15.3 Å². The average molecular weight is 476 g/mol. The third-order valence-electron chi connectivity index (χ3n) is 3.05. The van der Waals surface area contributed by atoms with Crippen LogP contribution in [0.2, 0.25) is 0 Å². The van der Waals surface area contributed by atoms with Gasteiger partial charge < -0.3 is 24.0 Å². The molecule has 0 saturated heterocycles. The minimum Gasteiger partial charge on any atom is -1.00 e. The molecule has 0 aromatic heterocycles. The van der Waals surface area contributed by atoms with E-state index < -0.39 is 0 Å². The molecule has 0 radical (unpaired) electrons. The number of halogens is 1. The van der Waals surface area contributed by atoms with E-state index in [0.29, 0.717) is 0 Å². The Labute approximate surface area is 175 Å². The second-order valence-corrected chi connectivity index (χ2v) is 5.70. The molecule has 0 saturated carbocycles. The Hall–Kier alpha value is -2.03. The standard InChI is InChI=1S/C20H20N4S.HI/c1-25-20(23-21-16-8-14-18-10-4-2-5-11-18)24-22-17-9-15-19-12-6-3-7-13-19;/h2-17H,1H3,(H,23,24);1H/b14-8+,15-9+,21-16+,22-17+;. The van der Waals surface area contributed by atoms with Gasteiger partial charge in [-0.05, 0) is 41.3 Å². The van der Waals surface area contributed by atoms with Gasteiger partial charge in [0, 0.05) is 6.21 Å². The first-order chi connectivity index (χ1) is 12.4. The van der Waals surface area contributed by atoms with Gasteiger partial charge in [0.2, 0.25) is 0 Å². The smallest absolute Gasteiger partial charge is 0.305 e. The number of allylic oxidation sites excluding steroid dienone is 2. The predicted molar refractivity (Wildman–Crippen MR) is 111 cm³/mol. The van der Waals surface area contributed by atoms with Gasteiger partial charge in [-0.25, -0.2) is 0 Å². The van der Waals surface area contributed by atoms with Crippen molar-refractivity contribution in [1.82, 2.24) is 0 Å². The van der Waals surface area contributed by atoms with Crippen molar-refractivity contribution in [3.63, 3.8) is 0 Å². The number of thioether (sulfide) groups is 1. The van der Waals surface area contributed by atoms with Crippen LogP contribution < -0.4 is 29.4 Å². The Morgan fingerprint density at radius 1 is 0.846 bits per heavy atom. The lowest BCUT2D eigenvalue weighted by atomic mass is 10.2. The number of benzene rings is 2. The molecule has 2 N–H and O–H groups in total. The summed E-state index contributed by atoms with van der Waals surface area (Å²) in [6.07, 6.45) is 13.1. The maximum Gasteiger partial charge on any atom is 0.305 e. The van der Waals surface area contributed by atoms with Crippen molar-refractivity contribution in [2.45, 2.75) is 0 Å². The van der Waals surface area contributed by atoms with Crippen LogP contribution in [0.4, 0.5) is 0 Å². The third kappa shape index (κ3) is 9.45. The van der Waals surface area contributed by atoms with Gasteiger partial charge in [-0.1, -0.05) is 83.0 Å². The van der Waals surface area contributed by atoms with Gasteiger partial charge in [0.05, 0.1) is 6.21 Å². The van der Waals surface area contributed by atoms with Crippen LogP contribution in [0.5, 0.6) is 0 Å². The van der Waals surface area contributed by atoms with Crippen LogP contribution >= 0.6 is 11.8 Å². The van der Waals surface area contributed by atoms with Gasteiger partial charge in [-0.3, -0.25) is 0 Å². The van der Waals surface area contributed by atoms with Crippen molar-refractivity contribution in [1.29, 1.82) is 0 Å². The summed E-state index contributed by atoms with van der Waals surface area (Å²) in [7, 11) is 0. The number of nitrogens with zero attached hydrogens (tertiary/aromatic N) is 3. The number of nitrogens with two attached hydrogens (primary N) is 1. The lowest BCUT2D eigenvalue weighted by Gasteiger charge is -1.91. The summed E-state index contributed by atoms with van der Waals surface area (Å²) in [5.41, 5.74) is 3.96. The van der Waals surface area contributed by atoms with Crippen LogP contribution in [0.1, 0.15) is 11.1 Å². The van der Waals surface area contributed by atoms with Gasteiger partial charge >= 0.3 is 5.17 Å². The van der Waals surface area contributed by atoms with Crippen LogP contribution in [0.3, 0.4) is 0 Å². The van der Waals surface area contributed by atoms with Crippen molar-refractivity contribution in [2.24, 2.45) is 15.3 Å². The zero-order valence-electron chi connectivity index (χ0n) is 14.4. The first kappa shape index (κ1) is 22.0. The molecule has 134 valence electrons. The van der Waals surface area contributed by atoms with Crippen molar-refractivity contribution in [3.8, 4) is 0 Å². The summed E-state index contributed by atoms with van der Waals surface area (Å²) in [5.74, 6) is 0. The number of hydrogen-bond donors (Lipinski definition) is 1. The van der Waals surface area contributed by atoms with Crippen LogP contribution in [-0.2, 0) is 0 Å². The van der Waals surface area contributed by atoms with E-state index in [1.165, 1.54) is 11.8 Å². The zero-order chi connectivity index (χ0) is 17.6. The minimum absolute atomic E-state index is 0. The molecule has 0 spiro atoms. The predicted octanol–water partition coefficient (Wildman–Crippen LogP) is 0.671. The summed E-state index contributed by atoms with van der Waals surface area (Å²) in [6, 6.07) is 20.2. The summed E-state index contributed by atoms with van der Waals surface area (Å²) < 4.78 is 0. The average Bonchev–Trinajstić information content (AvgIpc) is 2.67. The Morgan fingerprint density at radius 2 is 1.38 bits per heavy atom. The Kier molecular flexibility index (Phi) is 12.0. The molecule has 0 fully saturated rings. The fourth-order valence-electron chi connectivity index (χ4n) is 1.84. The number of quaternary nitrogens is 1. The minimum atomic E-state index is 0. The topological polar surface area (TPSA) is 53.7 Å². The highest BCUT2D eigenvalue weighted by atomic mass is 127. The molecule has 0 atom stereocenters. The molecule has 0 aliphatic rings. The van der Waals surface area contributed by atoms with Gasteiger partial charge in [-0.2, -0.15) is 10.5 Å². The SMILES string of the molecule is CS/C(=N/N=C/C=C/c1ccccc1)[NH2+]/N=C/C=C/c1ccccc1.[I-]. The van der Waals surface area contributed by atoms with Gasteiger partial charge in [0.15, 0.2) is 0 Å². The van der Waals surface area contributed by atoms with E-state index in [-0.39, 0.29) is 24.0 Å². The fraction of sp³-hybridized carbons (Fsp3) is 0.0500. The molecule has 4 nitrogen and oxygen atoms in total.